The van der Waals surface area contributed by atoms with Crippen LogP contribution in [0.4, 0.5) is 5.82 Å². The van der Waals surface area contributed by atoms with Crippen LogP contribution in [-0.4, -0.2) is 10.9 Å². The van der Waals surface area contributed by atoms with Gasteiger partial charge < -0.3 is 5.73 Å². The van der Waals surface area contributed by atoms with Crippen LogP contribution in [0, 0.1) is 6.92 Å². The highest BCUT2D eigenvalue weighted by molar-refractivity contribution is 6.19. The summed E-state index contributed by atoms with van der Waals surface area (Å²) in [5.74, 6) is 1.04. The van der Waals surface area contributed by atoms with Gasteiger partial charge >= 0.3 is 0 Å². The maximum Gasteiger partial charge on any atom is 0.130 e. The number of halogens is 1. The predicted octanol–water partition coefficient (Wildman–Crippen LogP) is 2.22. The molecule has 0 spiro atoms. The first-order valence-electron chi connectivity index (χ1n) is 3.68. The van der Waals surface area contributed by atoms with Crippen molar-refractivity contribution in [1.82, 2.24) is 4.98 Å². The summed E-state index contributed by atoms with van der Waals surface area (Å²) in [6.45, 7) is 1.98. The van der Waals surface area contributed by atoms with Crippen LogP contribution in [0.15, 0.2) is 18.3 Å². The Morgan fingerprint density at radius 2 is 2.42 bits per heavy atom. The molecule has 1 rings (SSSR count). The third kappa shape index (κ3) is 2.24. The first kappa shape index (κ1) is 9.07. The molecule has 0 bridgehead atoms. The first-order chi connectivity index (χ1) is 5.74. The van der Waals surface area contributed by atoms with Crippen LogP contribution in [-0.2, 0) is 0 Å². The van der Waals surface area contributed by atoms with Gasteiger partial charge in [-0.25, -0.2) is 4.98 Å². The Bertz CT molecular complexity index is 295. The highest BCUT2D eigenvalue weighted by atomic mass is 35.5. The first-order valence-corrected chi connectivity index (χ1v) is 4.22. The number of aromatic nitrogens is 1. The van der Waals surface area contributed by atoms with Gasteiger partial charge in [0.1, 0.15) is 5.82 Å². The number of rotatable bonds is 2. The smallest absolute Gasteiger partial charge is 0.130 e. The molecule has 0 radical (unpaired) electrons. The van der Waals surface area contributed by atoms with E-state index in [2.05, 4.69) is 4.98 Å². The number of hydrogen-bond donors (Lipinski definition) is 1. The molecule has 12 heavy (non-hydrogen) atoms. The van der Waals surface area contributed by atoms with E-state index >= 15 is 0 Å². The van der Waals surface area contributed by atoms with Gasteiger partial charge in [0, 0.05) is 17.6 Å². The van der Waals surface area contributed by atoms with Crippen LogP contribution in [0.5, 0.6) is 0 Å². The molecule has 2 nitrogen and oxygen atoms in total. The second-order valence-corrected chi connectivity index (χ2v) is 2.85. The molecule has 0 fully saturated rings. The van der Waals surface area contributed by atoms with E-state index in [1.807, 2.05) is 25.1 Å². The Morgan fingerprint density at radius 3 is 3.08 bits per heavy atom. The summed E-state index contributed by atoms with van der Waals surface area (Å²) in [5.41, 5.74) is 7.65. The van der Waals surface area contributed by atoms with Gasteiger partial charge in [0.05, 0.1) is 0 Å². The molecule has 2 N–H and O–H groups in total. The molecule has 0 atom stereocenters. The monoisotopic (exact) mass is 182 g/mol. The van der Waals surface area contributed by atoms with E-state index in [0.29, 0.717) is 11.7 Å². The van der Waals surface area contributed by atoms with Crippen LogP contribution in [0.2, 0.25) is 0 Å². The van der Waals surface area contributed by atoms with E-state index in [4.69, 9.17) is 17.3 Å². The average molecular weight is 183 g/mol. The number of hydrogen-bond acceptors (Lipinski definition) is 2. The van der Waals surface area contributed by atoms with Crippen molar-refractivity contribution in [1.29, 1.82) is 0 Å². The van der Waals surface area contributed by atoms with Gasteiger partial charge in [0.15, 0.2) is 0 Å². The number of anilines is 1. The molecule has 0 saturated carbocycles. The Kier molecular flexibility index (Phi) is 3.11. The Hall–Kier alpha value is -1.02. The van der Waals surface area contributed by atoms with E-state index in [1.165, 1.54) is 0 Å². The van der Waals surface area contributed by atoms with E-state index in [9.17, 15) is 0 Å². The molecule has 0 aliphatic heterocycles. The molecule has 0 aromatic carbocycles. The SMILES string of the molecule is Cc1cnc(N)c(C=CCCl)c1. The molecule has 1 heterocycles. The zero-order valence-electron chi connectivity index (χ0n) is 6.92. The second-order valence-electron chi connectivity index (χ2n) is 2.54. The molecule has 0 aliphatic carbocycles. The molecule has 0 saturated heterocycles. The topological polar surface area (TPSA) is 38.9 Å². The molecule has 1 aromatic heterocycles. The summed E-state index contributed by atoms with van der Waals surface area (Å²) in [6, 6.07) is 1.98. The lowest BCUT2D eigenvalue weighted by Gasteiger charge is -1.99. The van der Waals surface area contributed by atoms with E-state index < -0.39 is 0 Å². The third-order valence-electron chi connectivity index (χ3n) is 1.47. The van der Waals surface area contributed by atoms with Gasteiger partial charge in [-0.15, -0.1) is 11.6 Å². The van der Waals surface area contributed by atoms with Crippen molar-refractivity contribution in [3.8, 4) is 0 Å². The van der Waals surface area contributed by atoms with Crippen molar-refractivity contribution in [2.24, 2.45) is 0 Å². The fourth-order valence-corrected chi connectivity index (χ4v) is 0.996. The maximum absolute atomic E-state index is 5.62. The summed E-state index contributed by atoms with van der Waals surface area (Å²) < 4.78 is 0. The lowest BCUT2D eigenvalue weighted by Crippen LogP contribution is -1.93. The normalized spacial score (nSPS) is 10.8. The molecule has 0 aliphatic rings. The molecule has 1 aromatic rings. The Labute approximate surface area is 77.1 Å². The van der Waals surface area contributed by atoms with Crippen molar-refractivity contribution in [2.75, 3.05) is 11.6 Å². The predicted molar refractivity (Wildman–Crippen MR) is 53.1 cm³/mol. The number of pyridine rings is 1. The van der Waals surface area contributed by atoms with Gasteiger partial charge in [-0.2, -0.15) is 0 Å². The van der Waals surface area contributed by atoms with E-state index in [-0.39, 0.29) is 0 Å². The van der Waals surface area contributed by atoms with Crippen molar-refractivity contribution in [3.63, 3.8) is 0 Å². The molecule has 64 valence electrons. The number of aryl methyl sites for hydroxylation is 1. The van der Waals surface area contributed by atoms with Crippen molar-refractivity contribution in [2.45, 2.75) is 6.92 Å². The van der Waals surface area contributed by atoms with Crippen LogP contribution >= 0.6 is 11.6 Å². The van der Waals surface area contributed by atoms with E-state index in [0.717, 1.165) is 11.1 Å². The number of allylic oxidation sites excluding steroid dienone is 1. The van der Waals surface area contributed by atoms with Crippen LogP contribution in [0.25, 0.3) is 6.08 Å². The number of nitrogens with zero attached hydrogens (tertiary/aromatic N) is 1. The zero-order valence-corrected chi connectivity index (χ0v) is 7.67. The zero-order chi connectivity index (χ0) is 8.97. The number of nitrogen functional groups attached to an aromatic ring is 1. The van der Waals surface area contributed by atoms with Gasteiger partial charge in [-0.3, -0.25) is 0 Å². The molecule has 3 heteroatoms. The van der Waals surface area contributed by atoms with Crippen LogP contribution in [0.3, 0.4) is 0 Å². The van der Waals surface area contributed by atoms with Crippen molar-refractivity contribution >= 4 is 23.5 Å². The minimum absolute atomic E-state index is 0.493. The minimum Gasteiger partial charge on any atom is -0.383 e. The Morgan fingerprint density at radius 1 is 1.67 bits per heavy atom. The standard InChI is InChI=1S/C9H11ClN2/c1-7-5-8(3-2-4-10)9(11)12-6-7/h2-3,5-6H,4H2,1H3,(H2,11,12). The summed E-state index contributed by atoms with van der Waals surface area (Å²) in [5, 5.41) is 0. The largest absolute Gasteiger partial charge is 0.383 e. The van der Waals surface area contributed by atoms with Gasteiger partial charge in [-0.1, -0.05) is 12.2 Å². The molecule has 0 amide bonds. The van der Waals surface area contributed by atoms with Crippen molar-refractivity contribution < 1.29 is 0 Å². The molecular weight excluding hydrogens is 172 g/mol. The average Bonchev–Trinajstić information content (AvgIpc) is 2.07. The Balaban J connectivity index is 2.97. The second kappa shape index (κ2) is 4.12. The van der Waals surface area contributed by atoms with Gasteiger partial charge in [0.25, 0.3) is 0 Å². The third-order valence-corrected chi connectivity index (χ3v) is 1.65. The van der Waals surface area contributed by atoms with Crippen LogP contribution < -0.4 is 5.73 Å². The highest BCUT2D eigenvalue weighted by Crippen LogP contribution is 2.11. The summed E-state index contributed by atoms with van der Waals surface area (Å²) >= 11 is 5.50. The van der Waals surface area contributed by atoms with E-state index in [1.54, 1.807) is 6.20 Å². The van der Waals surface area contributed by atoms with Crippen LogP contribution in [0.1, 0.15) is 11.1 Å². The molecule has 0 unspecified atom stereocenters. The summed E-state index contributed by atoms with van der Waals surface area (Å²) in [7, 11) is 0. The lowest BCUT2D eigenvalue weighted by molar-refractivity contribution is 1.27. The fourth-order valence-electron chi connectivity index (χ4n) is 0.907. The lowest BCUT2D eigenvalue weighted by atomic mass is 10.2. The summed E-state index contributed by atoms with van der Waals surface area (Å²) in [4.78, 5) is 4.02. The van der Waals surface area contributed by atoms with Gasteiger partial charge in [0.2, 0.25) is 0 Å². The van der Waals surface area contributed by atoms with Gasteiger partial charge in [-0.05, 0) is 18.6 Å². The quantitative estimate of drug-likeness (QED) is 0.713. The number of nitrogens with two attached hydrogens (primary N) is 1. The highest BCUT2D eigenvalue weighted by Gasteiger charge is 1.95. The molecular formula is C9H11ClN2. The minimum atomic E-state index is 0.493. The summed E-state index contributed by atoms with van der Waals surface area (Å²) in [6.07, 6.45) is 5.46. The van der Waals surface area contributed by atoms with Crippen molar-refractivity contribution in [3.05, 3.63) is 29.5 Å². The number of alkyl halides is 1. The maximum atomic E-state index is 5.62. The fraction of sp³-hybridized carbons (Fsp3) is 0.222.